The molecule has 5 nitrogen and oxygen atoms in total. The van der Waals surface area contributed by atoms with E-state index in [4.69, 9.17) is 0 Å². The minimum Gasteiger partial charge on any atom is -0.385 e. The molecule has 0 fully saturated rings. The second kappa shape index (κ2) is 5.44. The van der Waals surface area contributed by atoms with Gasteiger partial charge in [0.25, 0.3) is 5.69 Å². The number of aryl methyl sites for hydroxylation is 2. The van der Waals surface area contributed by atoms with Crippen molar-refractivity contribution in [2.45, 2.75) is 19.8 Å². The minimum absolute atomic E-state index is 0.0939. The molecule has 0 bridgehead atoms. The first-order valence-electron chi connectivity index (χ1n) is 7.02. The lowest BCUT2D eigenvalue weighted by atomic mass is 10.0. The molecule has 0 aliphatic carbocycles. The van der Waals surface area contributed by atoms with Gasteiger partial charge in [-0.25, -0.2) is 0 Å². The van der Waals surface area contributed by atoms with E-state index in [0.717, 1.165) is 36.3 Å². The standard InChI is InChI=1S/C16H17N3O2/c1-11-4-7-16(19(20)21)15(9-11)18-13-5-6-14-12(10-13)3-2-8-17-14/h4-7,9-10,17-18H,2-3,8H2,1H3. The van der Waals surface area contributed by atoms with Crippen molar-refractivity contribution in [3.63, 3.8) is 0 Å². The summed E-state index contributed by atoms with van der Waals surface area (Å²) in [6, 6.07) is 11.1. The van der Waals surface area contributed by atoms with Gasteiger partial charge in [-0.3, -0.25) is 10.1 Å². The van der Waals surface area contributed by atoms with E-state index in [2.05, 4.69) is 16.7 Å². The molecule has 0 spiro atoms. The summed E-state index contributed by atoms with van der Waals surface area (Å²) in [7, 11) is 0. The summed E-state index contributed by atoms with van der Waals surface area (Å²) < 4.78 is 0. The molecule has 0 saturated carbocycles. The molecule has 0 amide bonds. The monoisotopic (exact) mass is 283 g/mol. The smallest absolute Gasteiger partial charge is 0.292 e. The molecule has 1 heterocycles. The first-order chi connectivity index (χ1) is 10.1. The Morgan fingerprint density at radius 3 is 2.90 bits per heavy atom. The predicted molar refractivity (Wildman–Crippen MR) is 84.4 cm³/mol. The number of nitro benzene ring substituents is 1. The number of benzene rings is 2. The number of nitrogens with one attached hydrogen (secondary N) is 2. The zero-order valence-electron chi connectivity index (χ0n) is 11.8. The van der Waals surface area contributed by atoms with E-state index in [9.17, 15) is 10.1 Å². The molecular formula is C16H17N3O2. The van der Waals surface area contributed by atoms with Gasteiger partial charge in [0.1, 0.15) is 5.69 Å². The Morgan fingerprint density at radius 1 is 1.24 bits per heavy atom. The summed E-state index contributed by atoms with van der Waals surface area (Å²) in [5.41, 5.74) is 4.90. The van der Waals surface area contributed by atoms with Crippen LogP contribution >= 0.6 is 0 Å². The third-order valence-corrected chi connectivity index (χ3v) is 3.67. The average Bonchev–Trinajstić information content (AvgIpc) is 2.47. The molecule has 2 aromatic rings. The molecule has 0 saturated heterocycles. The number of anilines is 3. The van der Waals surface area contributed by atoms with Gasteiger partial charge in [0.15, 0.2) is 0 Å². The molecule has 108 valence electrons. The van der Waals surface area contributed by atoms with Crippen LogP contribution in [0.1, 0.15) is 17.5 Å². The number of hydrogen-bond acceptors (Lipinski definition) is 4. The van der Waals surface area contributed by atoms with Crippen molar-refractivity contribution >= 4 is 22.7 Å². The van der Waals surface area contributed by atoms with Crippen molar-refractivity contribution in [3.8, 4) is 0 Å². The van der Waals surface area contributed by atoms with Crippen LogP contribution in [0.15, 0.2) is 36.4 Å². The Bertz CT molecular complexity index is 698. The molecule has 2 aromatic carbocycles. The third-order valence-electron chi connectivity index (χ3n) is 3.67. The maximum atomic E-state index is 11.1. The number of rotatable bonds is 3. The van der Waals surface area contributed by atoms with Gasteiger partial charge in [-0.2, -0.15) is 0 Å². The Hall–Kier alpha value is -2.56. The highest BCUT2D eigenvalue weighted by atomic mass is 16.6. The normalized spacial score (nSPS) is 13.2. The molecule has 1 aliphatic rings. The lowest BCUT2D eigenvalue weighted by Gasteiger charge is -2.19. The Balaban J connectivity index is 1.93. The predicted octanol–water partition coefficient (Wildman–Crippen LogP) is 4.00. The number of hydrogen-bond donors (Lipinski definition) is 2. The van der Waals surface area contributed by atoms with Crippen LogP contribution in [0.5, 0.6) is 0 Å². The van der Waals surface area contributed by atoms with Gasteiger partial charge < -0.3 is 10.6 Å². The van der Waals surface area contributed by atoms with E-state index in [1.54, 1.807) is 12.1 Å². The SMILES string of the molecule is Cc1ccc([N+](=O)[O-])c(Nc2ccc3c(c2)CCCN3)c1. The van der Waals surface area contributed by atoms with Crippen LogP contribution in [0, 0.1) is 17.0 Å². The molecule has 0 atom stereocenters. The van der Waals surface area contributed by atoms with Gasteiger partial charge in [-0.05, 0) is 55.2 Å². The van der Waals surface area contributed by atoms with Crippen molar-refractivity contribution in [1.82, 2.24) is 0 Å². The van der Waals surface area contributed by atoms with Gasteiger partial charge in [0.05, 0.1) is 4.92 Å². The van der Waals surface area contributed by atoms with Crippen LogP contribution in [0.25, 0.3) is 0 Å². The summed E-state index contributed by atoms with van der Waals surface area (Å²) in [4.78, 5) is 10.8. The highest BCUT2D eigenvalue weighted by Gasteiger charge is 2.15. The fourth-order valence-electron chi connectivity index (χ4n) is 2.62. The third kappa shape index (κ3) is 2.81. The molecule has 0 radical (unpaired) electrons. The molecule has 5 heteroatoms. The van der Waals surface area contributed by atoms with E-state index in [1.165, 1.54) is 11.6 Å². The Kier molecular flexibility index (Phi) is 3.48. The van der Waals surface area contributed by atoms with Crippen LogP contribution < -0.4 is 10.6 Å². The molecule has 0 unspecified atom stereocenters. The fraction of sp³-hybridized carbons (Fsp3) is 0.250. The number of fused-ring (bicyclic) bond motifs is 1. The first-order valence-corrected chi connectivity index (χ1v) is 7.02. The maximum absolute atomic E-state index is 11.1. The van der Waals surface area contributed by atoms with Crippen molar-refractivity contribution < 1.29 is 4.92 Å². The van der Waals surface area contributed by atoms with Crippen LogP contribution in [0.4, 0.5) is 22.7 Å². The first kappa shape index (κ1) is 13.4. The van der Waals surface area contributed by atoms with Gasteiger partial charge in [0, 0.05) is 24.0 Å². The topological polar surface area (TPSA) is 67.2 Å². The van der Waals surface area contributed by atoms with Gasteiger partial charge >= 0.3 is 0 Å². The zero-order chi connectivity index (χ0) is 14.8. The lowest BCUT2D eigenvalue weighted by molar-refractivity contribution is -0.383. The maximum Gasteiger partial charge on any atom is 0.292 e. The van der Waals surface area contributed by atoms with E-state index in [1.807, 2.05) is 19.1 Å². The molecule has 1 aliphatic heterocycles. The van der Waals surface area contributed by atoms with Gasteiger partial charge in [-0.1, -0.05) is 6.07 Å². The lowest BCUT2D eigenvalue weighted by Crippen LogP contribution is -2.11. The Morgan fingerprint density at radius 2 is 2.10 bits per heavy atom. The van der Waals surface area contributed by atoms with Crippen LogP contribution in [-0.4, -0.2) is 11.5 Å². The highest BCUT2D eigenvalue weighted by Crippen LogP contribution is 2.31. The van der Waals surface area contributed by atoms with E-state index in [-0.39, 0.29) is 10.6 Å². The fourth-order valence-corrected chi connectivity index (χ4v) is 2.62. The van der Waals surface area contributed by atoms with Crippen LogP contribution in [0.2, 0.25) is 0 Å². The molecule has 21 heavy (non-hydrogen) atoms. The summed E-state index contributed by atoms with van der Waals surface area (Å²) in [6.45, 7) is 2.93. The van der Waals surface area contributed by atoms with Crippen LogP contribution in [0.3, 0.4) is 0 Å². The quantitative estimate of drug-likeness (QED) is 0.660. The second-order valence-electron chi connectivity index (χ2n) is 5.30. The van der Waals surface area contributed by atoms with Crippen molar-refractivity contribution in [2.24, 2.45) is 0 Å². The molecule has 2 N–H and O–H groups in total. The summed E-state index contributed by atoms with van der Waals surface area (Å²) in [5.74, 6) is 0. The minimum atomic E-state index is -0.359. The molecule has 0 aromatic heterocycles. The second-order valence-corrected chi connectivity index (χ2v) is 5.30. The molecular weight excluding hydrogens is 266 g/mol. The summed E-state index contributed by atoms with van der Waals surface area (Å²) in [5, 5.41) is 17.6. The van der Waals surface area contributed by atoms with Crippen LogP contribution in [-0.2, 0) is 6.42 Å². The van der Waals surface area contributed by atoms with E-state index < -0.39 is 0 Å². The largest absolute Gasteiger partial charge is 0.385 e. The van der Waals surface area contributed by atoms with Gasteiger partial charge in [0.2, 0.25) is 0 Å². The Labute approximate surface area is 123 Å². The zero-order valence-corrected chi connectivity index (χ0v) is 11.8. The summed E-state index contributed by atoms with van der Waals surface area (Å²) in [6.07, 6.45) is 2.15. The van der Waals surface area contributed by atoms with E-state index in [0.29, 0.717) is 5.69 Å². The number of nitrogens with zero attached hydrogens (tertiary/aromatic N) is 1. The highest BCUT2D eigenvalue weighted by molar-refractivity contribution is 5.72. The van der Waals surface area contributed by atoms with Crippen molar-refractivity contribution in [1.29, 1.82) is 0 Å². The number of nitro groups is 1. The van der Waals surface area contributed by atoms with Gasteiger partial charge in [-0.15, -0.1) is 0 Å². The van der Waals surface area contributed by atoms with Crippen molar-refractivity contribution in [2.75, 3.05) is 17.2 Å². The van der Waals surface area contributed by atoms with Crippen molar-refractivity contribution in [3.05, 3.63) is 57.6 Å². The summed E-state index contributed by atoms with van der Waals surface area (Å²) >= 11 is 0. The average molecular weight is 283 g/mol. The molecule has 3 rings (SSSR count). The van der Waals surface area contributed by atoms with E-state index >= 15 is 0 Å².